The standard InChI is InChI=1S/C15H25F3N2O2/c1-10(21)20-8-2-3-13(19)14(20)9-22-12-6-4-11(5-7-12)15(16,17)18/h11-14H,2-9,19H2,1H3/t11-,12+,13-,14-/m0/s1. The lowest BCUT2D eigenvalue weighted by atomic mass is 9.87. The molecule has 7 heteroatoms. The molecule has 2 fully saturated rings. The normalized spacial score (nSPS) is 33.8. The van der Waals surface area contributed by atoms with E-state index in [0.29, 0.717) is 26.0 Å². The highest BCUT2D eigenvalue weighted by Crippen LogP contribution is 2.38. The SMILES string of the molecule is CC(=O)N1CCC[C@H](N)[C@@H]1CO[C@H]1CC[C@@H](C(F)(F)F)CC1. The highest BCUT2D eigenvalue weighted by atomic mass is 19.4. The molecule has 1 saturated heterocycles. The summed E-state index contributed by atoms with van der Waals surface area (Å²) in [4.78, 5) is 13.4. The Morgan fingerprint density at radius 3 is 2.41 bits per heavy atom. The van der Waals surface area contributed by atoms with Gasteiger partial charge in [0.25, 0.3) is 0 Å². The van der Waals surface area contributed by atoms with Gasteiger partial charge in [0.1, 0.15) is 0 Å². The Bertz CT molecular complexity index is 381. The van der Waals surface area contributed by atoms with Gasteiger partial charge in [0.15, 0.2) is 0 Å². The van der Waals surface area contributed by atoms with E-state index < -0.39 is 12.1 Å². The summed E-state index contributed by atoms with van der Waals surface area (Å²) in [6.45, 7) is 2.51. The maximum atomic E-state index is 12.6. The molecular formula is C15H25F3N2O2. The van der Waals surface area contributed by atoms with Gasteiger partial charge >= 0.3 is 6.18 Å². The van der Waals surface area contributed by atoms with Crippen molar-refractivity contribution in [3.8, 4) is 0 Å². The average molecular weight is 322 g/mol. The van der Waals surface area contributed by atoms with Crippen molar-refractivity contribution < 1.29 is 22.7 Å². The summed E-state index contributed by atoms with van der Waals surface area (Å²) >= 11 is 0. The van der Waals surface area contributed by atoms with Gasteiger partial charge in [-0.1, -0.05) is 0 Å². The van der Waals surface area contributed by atoms with Crippen LogP contribution in [0.15, 0.2) is 0 Å². The summed E-state index contributed by atoms with van der Waals surface area (Å²) in [6, 6.07) is -0.282. The summed E-state index contributed by atoms with van der Waals surface area (Å²) in [5.41, 5.74) is 6.08. The minimum absolute atomic E-state index is 0.0236. The molecule has 2 N–H and O–H groups in total. The van der Waals surface area contributed by atoms with Gasteiger partial charge in [0.2, 0.25) is 5.91 Å². The number of halogens is 3. The lowest BCUT2D eigenvalue weighted by molar-refractivity contribution is -0.188. The molecule has 128 valence electrons. The molecule has 0 aromatic rings. The molecule has 0 unspecified atom stereocenters. The van der Waals surface area contributed by atoms with Gasteiger partial charge in [-0.2, -0.15) is 13.2 Å². The summed E-state index contributed by atoms with van der Waals surface area (Å²) in [7, 11) is 0. The number of carbonyl (C=O) groups excluding carboxylic acids is 1. The van der Waals surface area contributed by atoms with Crippen molar-refractivity contribution in [2.24, 2.45) is 11.7 Å². The lowest BCUT2D eigenvalue weighted by Gasteiger charge is -2.40. The minimum Gasteiger partial charge on any atom is -0.376 e. The van der Waals surface area contributed by atoms with E-state index in [-0.39, 0.29) is 36.9 Å². The van der Waals surface area contributed by atoms with Crippen molar-refractivity contribution in [2.45, 2.75) is 69.8 Å². The fraction of sp³-hybridized carbons (Fsp3) is 0.933. The number of rotatable bonds is 3. The molecule has 2 aliphatic rings. The van der Waals surface area contributed by atoms with Crippen molar-refractivity contribution in [3.05, 3.63) is 0 Å². The number of carbonyl (C=O) groups is 1. The lowest BCUT2D eigenvalue weighted by Crippen LogP contribution is -2.56. The molecule has 4 nitrogen and oxygen atoms in total. The maximum Gasteiger partial charge on any atom is 0.391 e. The molecule has 2 rings (SSSR count). The Balaban J connectivity index is 1.81. The number of ether oxygens (including phenoxy) is 1. The zero-order valence-electron chi connectivity index (χ0n) is 12.9. The molecule has 0 aromatic carbocycles. The number of hydrogen-bond donors (Lipinski definition) is 1. The van der Waals surface area contributed by atoms with Crippen molar-refractivity contribution in [1.82, 2.24) is 4.90 Å². The second-order valence-electron chi connectivity index (χ2n) is 6.43. The third-order valence-electron chi connectivity index (χ3n) is 4.88. The second kappa shape index (κ2) is 7.17. The Morgan fingerprint density at radius 2 is 1.86 bits per heavy atom. The minimum atomic E-state index is -4.10. The van der Waals surface area contributed by atoms with Gasteiger partial charge < -0.3 is 15.4 Å². The van der Waals surface area contributed by atoms with Crippen molar-refractivity contribution >= 4 is 5.91 Å². The molecule has 0 aromatic heterocycles. The van der Waals surface area contributed by atoms with E-state index in [1.165, 1.54) is 6.92 Å². The molecule has 1 heterocycles. The zero-order valence-corrected chi connectivity index (χ0v) is 12.9. The summed E-state index contributed by atoms with van der Waals surface area (Å²) in [5.74, 6) is -1.22. The van der Waals surface area contributed by atoms with Crippen LogP contribution in [0, 0.1) is 5.92 Å². The number of nitrogens with two attached hydrogens (primary N) is 1. The van der Waals surface area contributed by atoms with Crippen LogP contribution in [0.4, 0.5) is 13.2 Å². The van der Waals surface area contributed by atoms with Gasteiger partial charge in [-0.3, -0.25) is 4.79 Å². The highest BCUT2D eigenvalue weighted by Gasteiger charge is 2.42. The molecule has 2 atom stereocenters. The molecule has 1 amide bonds. The molecule has 1 saturated carbocycles. The van der Waals surface area contributed by atoms with Crippen molar-refractivity contribution in [3.63, 3.8) is 0 Å². The van der Waals surface area contributed by atoms with Crippen LogP contribution < -0.4 is 5.73 Å². The average Bonchev–Trinajstić information content (AvgIpc) is 2.45. The number of nitrogens with zero attached hydrogens (tertiary/aromatic N) is 1. The predicted octanol–water partition coefficient (Wildman–Crippen LogP) is 2.46. The molecule has 1 aliphatic carbocycles. The quantitative estimate of drug-likeness (QED) is 0.868. The third-order valence-corrected chi connectivity index (χ3v) is 4.88. The third kappa shape index (κ3) is 4.35. The largest absolute Gasteiger partial charge is 0.391 e. The number of amides is 1. The molecule has 0 bridgehead atoms. The Labute approximate surface area is 129 Å². The van der Waals surface area contributed by atoms with E-state index in [1.54, 1.807) is 4.90 Å². The highest BCUT2D eigenvalue weighted by molar-refractivity contribution is 5.73. The van der Waals surface area contributed by atoms with Gasteiger partial charge in [-0.25, -0.2) is 0 Å². The van der Waals surface area contributed by atoms with E-state index in [9.17, 15) is 18.0 Å². The van der Waals surface area contributed by atoms with E-state index in [0.717, 1.165) is 12.8 Å². The first-order chi connectivity index (χ1) is 10.3. The topological polar surface area (TPSA) is 55.6 Å². The van der Waals surface area contributed by atoms with Crippen LogP contribution in [-0.2, 0) is 9.53 Å². The Hall–Kier alpha value is -0.820. The fourth-order valence-corrected chi connectivity index (χ4v) is 3.48. The first-order valence-corrected chi connectivity index (χ1v) is 8.00. The van der Waals surface area contributed by atoms with Gasteiger partial charge in [-0.15, -0.1) is 0 Å². The van der Waals surface area contributed by atoms with Crippen LogP contribution in [0.2, 0.25) is 0 Å². The van der Waals surface area contributed by atoms with Crippen molar-refractivity contribution in [1.29, 1.82) is 0 Å². The van der Waals surface area contributed by atoms with Crippen LogP contribution in [-0.4, -0.2) is 48.3 Å². The Kier molecular flexibility index (Phi) is 5.71. The molecular weight excluding hydrogens is 297 g/mol. The Morgan fingerprint density at radius 1 is 1.23 bits per heavy atom. The summed E-state index contributed by atoms with van der Waals surface area (Å²) in [5, 5.41) is 0. The van der Waals surface area contributed by atoms with Crippen LogP contribution in [0.3, 0.4) is 0 Å². The summed E-state index contributed by atoms with van der Waals surface area (Å²) in [6.07, 6.45) is -1.42. The van der Waals surface area contributed by atoms with Crippen LogP contribution in [0.1, 0.15) is 45.4 Å². The zero-order chi connectivity index (χ0) is 16.3. The van der Waals surface area contributed by atoms with Gasteiger partial charge in [0.05, 0.1) is 24.7 Å². The van der Waals surface area contributed by atoms with Crippen LogP contribution in [0.5, 0.6) is 0 Å². The first-order valence-electron chi connectivity index (χ1n) is 8.00. The molecule has 22 heavy (non-hydrogen) atoms. The van der Waals surface area contributed by atoms with Crippen molar-refractivity contribution in [2.75, 3.05) is 13.2 Å². The van der Waals surface area contributed by atoms with E-state index in [1.807, 2.05) is 0 Å². The number of hydrogen-bond acceptors (Lipinski definition) is 3. The maximum absolute atomic E-state index is 12.6. The van der Waals surface area contributed by atoms with E-state index in [4.69, 9.17) is 10.5 Å². The smallest absolute Gasteiger partial charge is 0.376 e. The molecule has 0 radical (unpaired) electrons. The first kappa shape index (κ1) is 17.5. The monoisotopic (exact) mass is 322 g/mol. The van der Waals surface area contributed by atoms with Gasteiger partial charge in [0, 0.05) is 19.5 Å². The fourth-order valence-electron chi connectivity index (χ4n) is 3.48. The number of likely N-dealkylation sites (tertiary alicyclic amines) is 1. The second-order valence-corrected chi connectivity index (χ2v) is 6.43. The number of alkyl halides is 3. The van der Waals surface area contributed by atoms with E-state index in [2.05, 4.69) is 0 Å². The van der Waals surface area contributed by atoms with E-state index >= 15 is 0 Å². The predicted molar refractivity (Wildman–Crippen MR) is 76.1 cm³/mol. The summed E-state index contributed by atoms with van der Waals surface area (Å²) < 4.78 is 43.7. The van der Waals surface area contributed by atoms with Crippen LogP contribution in [0.25, 0.3) is 0 Å². The molecule has 1 aliphatic heterocycles. The number of piperidine rings is 1. The van der Waals surface area contributed by atoms with Gasteiger partial charge in [-0.05, 0) is 38.5 Å². The molecule has 0 spiro atoms. The van der Waals surface area contributed by atoms with Crippen LogP contribution >= 0.6 is 0 Å².